The molecule has 5 nitrogen and oxygen atoms in total. The summed E-state index contributed by atoms with van der Waals surface area (Å²) in [5.74, 6) is 0.729. The van der Waals surface area contributed by atoms with E-state index in [1.54, 1.807) is 0 Å². The lowest BCUT2D eigenvalue weighted by Gasteiger charge is -2.09. The zero-order valence-corrected chi connectivity index (χ0v) is 19.6. The van der Waals surface area contributed by atoms with E-state index in [-0.39, 0.29) is 5.91 Å². The quantitative estimate of drug-likeness (QED) is 0.290. The van der Waals surface area contributed by atoms with Crippen LogP contribution in [0.2, 0.25) is 0 Å². The van der Waals surface area contributed by atoms with E-state index >= 15 is 0 Å². The van der Waals surface area contributed by atoms with Crippen molar-refractivity contribution in [1.82, 2.24) is 15.1 Å². The first-order chi connectivity index (χ1) is 17.2. The van der Waals surface area contributed by atoms with Gasteiger partial charge < -0.3 is 10.1 Å². The highest BCUT2D eigenvalue weighted by Gasteiger charge is 2.15. The molecule has 1 aromatic heterocycles. The Labute approximate surface area is 205 Å². The summed E-state index contributed by atoms with van der Waals surface area (Å²) in [6, 6.07) is 31.6. The summed E-state index contributed by atoms with van der Waals surface area (Å²) < 4.78 is 7.59. The molecule has 0 atom stereocenters. The second-order valence-corrected chi connectivity index (χ2v) is 8.37. The Kier molecular flexibility index (Phi) is 6.57. The van der Waals surface area contributed by atoms with Gasteiger partial charge in [0.05, 0.1) is 18.0 Å². The van der Waals surface area contributed by atoms with Gasteiger partial charge in [-0.3, -0.25) is 4.79 Å². The number of carbonyl (C=O) groups excluding carboxylic acids is 1. The molecule has 0 saturated heterocycles. The van der Waals surface area contributed by atoms with Crippen molar-refractivity contribution in [1.29, 1.82) is 0 Å². The zero-order valence-electron chi connectivity index (χ0n) is 19.6. The highest BCUT2D eigenvalue weighted by molar-refractivity contribution is 6.07. The molecule has 0 saturated carbocycles. The van der Waals surface area contributed by atoms with E-state index in [0.29, 0.717) is 18.7 Å². The number of hydrogen-bond donors (Lipinski definition) is 1. The molecule has 5 rings (SSSR count). The Morgan fingerprint density at radius 2 is 1.63 bits per heavy atom. The van der Waals surface area contributed by atoms with Crippen molar-refractivity contribution in [3.63, 3.8) is 0 Å². The molecule has 0 unspecified atom stereocenters. The maximum absolute atomic E-state index is 13.1. The van der Waals surface area contributed by atoms with Crippen LogP contribution in [0, 0.1) is 0 Å². The van der Waals surface area contributed by atoms with Crippen molar-refractivity contribution < 1.29 is 9.53 Å². The van der Waals surface area contributed by atoms with Crippen LogP contribution in [0.3, 0.4) is 0 Å². The summed E-state index contributed by atoms with van der Waals surface area (Å²) in [5, 5.41) is 9.96. The van der Waals surface area contributed by atoms with E-state index in [1.807, 2.05) is 108 Å². The van der Waals surface area contributed by atoms with E-state index < -0.39 is 0 Å². The molecular formula is C30H27N3O2. The SMILES string of the molecule is CCCOc1ccc(-c2nn(-c3ccccc3)cc2CNC(=O)c2cccc3ccccc23)cc1. The third-order valence-corrected chi connectivity index (χ3v) is 5.89. The number of para-hydroxylation sites is 1. The van der Waals surface area contributed by atoms with Gasteiger partial charge in [0, 0.05) is 29.4 Å². The lowest BCUT2D eigenvalue weighted by atomic mass is 10.0. The molecule has 1 amide bonds. The summed E-state index contributed by atoms with van der Waals surface area (Å²) in [6.45, 7) is 3.13. The number of fused-ring (bicyclic) bond motifs is 1. The van der Waals surface area contributed by atoms with Gasteiger partial charge in [-0.1, -0.05) is 61.5 Å². The van der Waals surface area contributed by atoms with Crippen molar-refractivity contribution in [3.05, 3.63) is 114 Å². The molecule has 1 heterocycles. The number of nitrogens with one attached hydrogen (secondary N) is 1. The van der Waals surface area contributed by atoms with Crippen molar-refractivity contribution in [2.24, 2.45) is 0 Å². The molecule has 0 fully saturated rings. The average molecular weight is 462 g/mol. The Morgan fingerprint density at radius 1 is 0.886 bits per heavy atom. The maximum Gasteiger partial charge on any atom is 0.252 e. The van der Waals surface area contributed by atoms with Crippen LogP contribution in [0.1, 0.15) is 29.3 Å². The number of aromatic nitrogens is 2. The molecule has 174 valence electrons. The number of nitrogens with zero attached hydrogens (tertiary/aromatic N) is 2. The fourth-order valence-electron chi connectivity index (χ4n) is 4.12. The Bertz CT molecular complexity index is 1430. The van der Waals surface area contributed by atoms with Gasteiger partial charge in [-0.15, -0.1) is 0 Å². The lowest BCUT2D eigenvalue weighted by Crippen LogP contribution is -2.23. The molecule has 5 heteroatoms. The van der Waals surface area contributed by atoms with Gasteiger partial charge in [0.1, 0.15) is 5.75 Å². The lowest BCUT2D eigenvalue weighted by molar-refractivity contribution is 0.0952. The van der Waals surface area contributed by atoms with Crippen LogP contribution in [0.4, 0.5) is 0 Å². The standard InChI is InChI=1S/C30H27N3O2/c1-2-19-35-26-17-15-23(16-18-26)29-24(21-33(32-29)25-11-4-3-5-12-25)20-31-30(34)28-14-8-10-22-9-6-7-13-27(22)28/h3-18,21H,2,19-20H2,1H3,(H,31,34). The molecular weight excluding hydrogens is 434 g/mol. The zero-order chi connectivity index (χ0) is 24.0. The van der Waals surface area contributed by atoms with Gasteiger partial charge in [-0.2, -0.15) is 5.10 Å². The normalized spacial score (nSPS) is 10.9. The summed E-state index contributed by atoms with van der Waals surface area (Å²) >= 11 is 0. The number of carbonyl (C=O) groups is 1. The van der Waals surface area contributed by atoms with Gasteiger partial charge in [-0.25, -0.2) is 4.68 Å². The molecule has 0 spiro atoms. The first kappa shape index (κ1) is 22.4. The monoisotopic (exact) mass is 461 g/mol. The van der Waals surface area contributed by atoms with Crippen molar-refractivity contribution >= 4 is 16.7 Å². The van der Waals surface area contributed by atoms with Crippen LogP contribution >= 0.6 is 0 Å². The topological polar surface area (TPSA) is 56.1 Å². The largest absolute Gasteiger partial charge is 0.494 e. The Hall–Kier alpha value is -4.38. The van der Waals surface area contributed by atoms with Crippen molar-refractivity contribution in [2.75, 3.05) is 6.61 Å². The molecule has 35 heavy (non-hydrogen) atoms. The number of amides is 1. The van der Waals surface area contributed by atoms with Crippen LogP contribution in [-0.2, 0) is 6.54 Å². The number of ether oxygens (including phenoxy) is 1. The summed E-state index contributed by atoms with van der Waals surface area (Å²) in [5.41, 5.74) is 4.36. The van der Waals surface area contributed by atoms with Gasteiger partial charge >= 0.3 is 0 Å². The van der Waals surface area contributed by atoms with E-state index in [2.05, 4.69) is 12.2 Å². The van der Waals surface area contributed by atoms with Crippen LogP contribution in [0.25, 0.3) is 27.7 Å². The van der Waals surface area contributed by atoms with Crippen LogP contribution in [0.15, 0.2) is 103 Å². The van der Waals surface area contributed by atoms with Crippen molar-refractivity contribution in [2.45, 2.75) is 19.9 Å². The van der Waals surface area contributed by atoms with E-state index in [0.717, 1.165) is 45.5 Å². The Balaban J connectivity index is 1.44. The summed E-state index contributed by atoms with van der Waals surface area (Å²) in [4.78, 5) is 13.1. The maximum atomic E-state index is 13.1. The molecule has 5 aromatic rings. The third kappa shape index (κ3) is 4.94. The summed E-state index contributed by atoms with van der Waals surface area (Å²) in [6.07, 6.45) is 2.94. The molecule has 0 aliphatic rings. The predicted molar refractivity (Wildman–Crippen MR) is 140 cm³/mol. The minimum absolute atomic E-state index is 0.108. The van der Waals surface area contributed by atoms with Gasteiger partial charge in [0.15, 0.2) is 0 Å². The fraction of sp³-hybridized carbons (Fsp3) is 0.133. The minimum Gasteiger partial charge on any atom is -0.494 e. The van der Waals surface area contributed by atoms with Gasteiger partial charge in [0.2, 0.25) is 0 Å². The first-order valence-corrected chi connectivity index (χ1v) is 11.9. The molecule has 1 N–H and O–H groups in total. The smallest absolute Gasteiger partial charge is 0.252 e. The Morgan fingerprint density at radius 3 is 2.43 bits per heavy atom. The minimum atomic E-state index is -0.108. The molecule has 0 aliphatic carbocycles. The molecule has 4 aromatic carbocycles. The van der Waals surface area contributed by atoms with Gasteiger partial charge in [0.25, 0.3) is 5.91 Å². The molecule has 0 bridgehead atoms. The highest BCUT2D eigenvalue weighted by Crippen LogP contribution is 2.26. The van der Waals surface area contributed by atoms with Crippen molar-refractivity contribution in [3.8, 4) is 22.7 Å². The first-order valence-electron chi connectivity index (χ1n) is 11.9. The highest BCUT2D eigenvalue weighted by atomic mass is 16.5. The van der Waals surface area contributed by atoms with Crippen LogP contribution in [-0.4, -0.2) is 22.3 Å². The van der Waals surface area contributed by atoms with Crippen LogP contribution in [0.5, 0.6) is 5.75 Å². The van der Waals surface area contributed by atoms with E-state index in [1.165, 1.54) is 0 Å². The fourth-order valence-corrected chi connectivity index (χ4v) is 4.12. The van der Waals surface area contributed by atoms with Gasteiger partial charge in [-0.05, 0) is 59.7 Å². The number of benzene rings is 4. The third-order valence-electron chi connectivity index (χ3n) is 5.89. The molecule has 0 radical (unpaired) electrons. The van der Waals surface area contributed by atoms with E-state index in [9.17, 15) is 4.79 Å². The predicted octanol–water partition coefficient (Wildman–Crippen LogP) is 6.41. The average Bonchev–Trinajstić information content (AvgIpc) is 3.35. The number of rotatable bonds is 8. The second-order valence-electron chi connectivity index (χ2n) is 8.37. The number of hydrogen-bond acceptors (Lipinski definition) is 3. The van der Waals surface area contributed by atoms with E-state index in [4.69, 9.17) is 9.84 Å². The second kappa shape index (κ2) is 10.3. The molecule has 0 aliphatic heterocycles. The van der Waals surface area contributed by atoms with Crippen LogP contribution < -0.4 is 10.1 Å². The summed E-state index contributed by atoms with van der Waals surface area (Å²) in [7, 11) is 0.